The number of hydrogen-bond acceptors (Lipinski definition) is 1. The lowest BCUT2D eigenvalue weighted by Gasteiger charge is -2.25. The van der Waals surface area contributed by atoms with E-state index in [1.54, 1.807) is 0 Å². The van der Waals surface area contributed by atoms with Crippen molar-refractivity contribution in [2.75, 3.05) is 0 Å². The van der Waals surface area contributed by atoms with E-state index in [-0.39, 0.29) is 0 Å². The molecule has 1 aliphatic rings. The van der Waals surface area contributed by atoms with Crippen LogP contribution in [-0.4, -0.2) is 6.04 Å². The van der Waals surface area contributed by atoms with Gasteiger partial charge in [0.2, 0.25) is 0 Å². The van der Waals surface area contributed by atoms with E-state index < -0.39 is 0 Å². The number of rotatable bonds is 2. The first-order valence-electron chi connectivity index (χ1n) is 6.30. The molecule has 1 aromatic rings. The largest absolute Gasteiger partial charge is 0.328 e. The van der Waals surface area contributed by atoms with E-state index in [4.69, 9.17) is 5.73 Å². The van der Waals surface area contributed by atoms with Crippen LogP contribution >= 0.6 is 0 Å². The standard InChI is InChI=1S/C15H23N/c1-11-4-5-12(2)13(8-11)9-15(3)7-6-14(16)10-15/h4-5,8,14H,6-7,9-10,16H2,1-3H3. The SMILES string of the molecule is Cc1ccc(C)c(CC2(C)CCC(N)C2)c1. The fourth-order valence-corrected chi connectivity index (χ4v) is 2.98. The molecular formula is C15H23N. The van der Waals surface area contributed by atoms with Gasteiger partial charge in [-0.1, -0.05) is 30.7 Å². The van der Waals surface area contributed by atoms with Gasteiger partial charge in [-0.15, -0.1) is 0 Å². The number of hydrogen-bond donors (Lipinski definition) is 1. The molecule has 2 unspecified atom stereocenters. The van der Waals surface area contributed by atoms with Gasteiger partial charge in [0.1, 0.15) is 0 Å². The van der Waals surface area contributed by atoms with Crippen LogP contribution in [0.25, 0.3) is 0 Å². The molecule has 0 aliphatic heterocycles. The molecule has 1 aromatic carbocycles. The Bertz CT molecular complexity index is 383. The van der Waals surface area contributed by atoms with Gasteiger partial charge in [0, 0.05) is 6.04 Å². The summed E-state index contributed by atoms with van der Waals surface area (Å²) >= 11 is 0. The number of nitrogens with two attached hydrogens (primary N) is 1. The lowest BCUT2D eigenvalue weighted by Crippen LogP contribution is -2.21. The van der Waals surface area contributed by atoms with Crippen LogP contribution in [0.4, 0.5) is 0 Å². The monoisotopic (exact) mass is 217 g/mol. The number of aryl methyl sites for hydroxylation is 2. The fraction of sp³-hybridized carbons (Fsp3) is 0.600. The van der Waals surface area contributed by atoms with Gasteiger partial charge in [-0.2, -0.15) is 0 Å². The van der Waals surface area contributed by atoms with Crippen LogP contribution < -0.4 is 5.73 Å². The number of benzene rings is 1. The second-order valence-electron chi connectivity index (χ2n) is 5.92. The van der Waals surface area contributed by atoms with Gasteiger partial charge >= 0.3 is 0 Å². The maximum absolute atomic E-state index is 6.03. The quantitative estimate of drug-likeness (QED) is 0.807. The summed E-state index contributed by atoms with van der Waals surface area (Å²) in [6.45, 7) is 6.78. The zero-order chi connectivity index (χ0) is 11.8. The first kappa shape index (κ1) is 11.7. The molecule has 0 saturated heterocycles. The minimum atomic E-state index is 0.426. The Labute approximate surface area is 99.0 Å². The molecule has 0 radical (unpaired) electrons. The van der Waals surface area contributed by atoms with Crippen molar-refractivity contribution in [2.45, 2.75) is 52.5 Å². The molecule has 88 valence electrons. The third-order valence-corrected chi connectivity index (χ3v) is 4.00. The van der Waals surface area contributed by atoms with E-state index in [2.05, 4.69) is 39.0 Å². The van der Waals surface area contributed by atoms with E-state index in [0.717, 1.165) is 0 Å². The highest BCUT2D eigenvalue weighted by Gasteiger charge is 2.33. The summed E-state index contributed by atoms with van der Waals surface area (Å²) in [6, 6.07) is 7.20. The van der Waals surface area contributed by atoms with Crippen LogP contribution in [0.15, 0.2) is 18.2 Å². The summed E-state index contributed by atoms with van der Waals surface area (Å²) < 4.78 is 0. The molecule has 0 bridgehead atoms. The van der Waals surface area contributed by atoms with Gasteiger partial charge in [-0.05, 0) is 56.1 Å². The Hall–Kier alpha value is -0.820. The average molecular weight is 217 g/mol. The molecular weight excluding hydrogens is 194 g/mol. The highest BCUT2D eigenvalue weighted by molar-refractivity contribution is 5.31. The zero-order valence-corrected chi connectivity index (χ0v) is 10.7. The van der Waals surface area contributed by atoms with Crippen molar-refractivity contribution in [3.8, 4) is 0 Å². The molecule has 2 atom stereocenters. The lowest BCUT2D eigenvalue weighted by atomic mass is 9.80. The molecule has 1 fully saturated rings. The highest BCUT2D eigenvalue weighted by atomic mass is 14.7. The van der Waals surface area contributed by atoms with E-state index in [9.17, 15) is 0 Å². The van der Waals surface area contributed by atoms with E-state index in [1.807, 2.05) is 0 Å². The van der Waals surface area contributed by atoms with Crippen molar-refractivity contribution in [3.63, 3.8) is 0 Å². The highest BCUT2D eigenvalue weighted by Crippen LogP contribution is 2.40. The topological polar surface area (TPSA) is 26.0 Å². The van der Waals surface area contributed by atoms with Gasteiger partial charge in [-0.3, -0.25) is 0 Å². The van der Waals surface area contributed by atoms with Crippen molar-refractivity contribution < 1.29 is 0 Å². The first-order valence-corrected chi connectivity index (χ1v) is 6.30. The molecule has 16 heavy (non-hydrogen) atoms. The summed E-state index contributed by atoms with van der Waals surface area (Å²) in [5.74, 6) is 0. The van der Waals surface area contributed by atoms with Gasteiger partial charge in [-0.25, -0.2) is 0 Å². The summed E-state index contributed by atoms with van der Waals surface area (Å²) in [5.41, 5.74) is 10.8. The summed E-state index contributed by atoms with van der Waals surface area (Å²) in [5, 5.41) is 0. The van der Waals surface area contributed by atoms with Crippen molar-refractivity contribution in [1.29, 1.82) is 0 Å². The van der Waals surface area contributed by atoms with Crippen LogP contribution in [-0.2, 0) is 6.42 Å². The van der Waals surface area contributed by atoms with E-state index >= 15 is 0 Å². The van der Waals surface area contributed by atoms with Gasteiger partial charge in [0.15, 0.2) is 0 Å². The Kier molecular flexibility index (Phi) is 3.07. The van der Waals surface area contributed by atoms with Crippen molar-refractivity contribution in [3.05, 3.63) is 34.9 Å². The molecule has 0 amide bonds. The third kappa shape index (κ3) is 2.46. The second kappa shape index (κ2) is 4.21. The van der Waals surface area contributed by atoms with Gasteiger partial charge < -0.3 is 5.73 Å². The zero-order valence-electron chi connectivity index (χ0n) is 10.7. The predicted octanol–water partition coefficient (Wildman–Crippen LogP) is 3.36. The van der Waals surface area contributed by atoms with Crippen LogP contribution in [0.3, 0.4) is 0 Å². The van der Waals surface area contributed by atoms with Crippen molar-refractivity contribution >= 4 is 0 Å². The molecule has 1 nitrogen and oxygen atoms in total. The maximum Gasteiger partial charge on any atom is 0.00443 e. The lowest BCUT2D eigenvalue weighted by molar-refractivity contribution is 0.329. The van der Waals surface area contributed by atoms with Gasteiger partial charge in [0.25, 0.3) is 0 Å². The van der Waals surface area contributed by atoms with E-state index in [1.165, 1.54) is 42.4 Å². The van der Waals surface area contributed by atoms with Crippen molar-refractivity contribution in [2.24, 2.45) is 11.1 Å². The summed E-state index contributed by atoms with van der Waals surface area (Å²) in [7, 11) is 0. The molecule has 2 N–H and O–H groups in total. The normalized spacial score (nSPS) is 29.6. The minimum Gasteiger partial charge on any atom is -0.328 e. The Morgan fingerprint density at radius 1 is 1.38 bits per heavy atom. The maximum atomic E-state index is 6.03. The summed E-state index contributed by atoms with van der Waals surface area (Å²) in [4.78, 5) is 0. The van der Waals surface area contributed by atoms with Crippen molar-refractivity contribution in [1.82, 2.24) is 0 Å². The molecule has 1 heteroatoms. The summed E-state index contributed by atoms with van der Waals surface area (Å²) in [6.07, 6.45) is 4.84. The smallest absolute Gasteiger partial charge is 0.00443 e. The molecule has 1 aliphatic carbocycles. The molecule has 0 spiro atoms. The average Bonchev–Trinajstić information content (AvgIpc) is 2.52. The van der Waals surface area contributed by atoms with Crippen LogP contribution in [0.1, 0.15) is 42.9 Å². The minimum absolute atomic E-state index is 0.426. The Morgan fingerprint density at radius 3 is 2.75 bits per heavy atom. The molecule has 0 aromatic heterocycles. The molecule has 1 saturated carbocycles. The van der Waals surface area contributed by atoms with Crippen LogP contribution in [0.2, 0.25) is 0 Å². The van der Waals surface area contributed by atoms with Crippen LogP contribution in [0, 0.1) is 19.3 Å². The molecule has 0 heterocycles. The first-order chi connectivity index (χ1) is 7.48. The predicted molar refractivity (Wildman–Crippen MR) is 69.6 cm³/mol. The fourth-order valence-electron chi connectivity index (χ4n) is 2.98. The molecule has 2 rings (SSSR count). The Balaban J connectivity index is 2.17. The second-order valence-corrected chi connectivity index (χ2v) is 5.92. The third-order valence-electron chi connectivity index (χ3n) is 4.00. The Morgan fingerprint density at radius 2 is 2.12 bits per heavy atom. The van der Waals surface area contributed by atoms with E-state index in [0.29, 0.717) is 11.5 Å². The van der Waals surface area contributed by atoms with Gasteiger partial charge in [0.05, 0.1) is 0 Å². The van der Waals surface area contributed by atoms with Crippen LogP contribution in [0.5, 0.6) is 0 Å².